The van der Waals surface area contributed by atoms with Crippen LogP contribution in [-0.2, 0) is 0 Å². The zero-order valence-corrected chi connectivity index (χ0v) is 13.7. The molecular formula is C20H20N2O2. The zero-order chi connectivity index (χ0) is 16.9. The van der Waals surface area contributed by atoms with Crippen molar-refractivity contribution >= 4 is 22.5 Å². The van der Waals surface area contributed by atoms with Crippen molar-refractivity contribution in [3.8, 4) is 5.75 Å². The average Bonchev–Trinajstić information content (AvgIpc) is 2.62. The number of carbonyl (C=O) groups is 1. The van der Waals surface area contributed by atoms with Crippen LogP contribution in [0.4, 0.5) is 10.5 Å². The number of hydrogen-bond acceptors (Lipinski definition) is 2. The van der Waals surface area contributed by atoms with Gasteiger partial charge in [-0.2, -0.15) is 0 Å². The summed E-state index contributed by atoms with van der Waals surface area (Å²) in [5, 5.41) is 8.01. The molecule has 3 rings (SSSR count). The Labute approximate surface area is 141 Å². The maximum Gasteiger partial charge on any atom is 0.319 e. The van der Waals surface area contributed by atoms with Crippen LogP contribution in [0.15, 0.2) is 66.7 Å². The second kappa shape index (κ2) is 7.04. The van der Waals surface area contributed by atoms with Crippen LogP contribution >= 0.6 is 0 Å². The van der Waals surface area contributed by atoms with Gasteiger partial charge in [0, 0.05) is 5.39 Å². The Kier molecular flexibility index (Phi) is 4.66. The van der Waals surface area contributed by atoms with Gasteiger partial charge < -0.3 is 15.4 Å². The molecule has 0 bridgehead atoms. The SMILES string of the molecule is COc1ccc(C(C)NC(=O)Nc2cccc3ccccc23)cc1. The van der Waals surface area contributed by atoms with E-state index in [2.05, 4.69) is 10.6 Å². The van der Waals surface area contributed by atoms with E-state index in [-0.39, 0.29) is 12.1 Å². The van der Waals surface area contributed by atoms with E-state index in [0.717, 1.165) is 27.8 Å². The normalized spacial score (nSPS) is 11.8. The number of hydrogen-bond donors (Lipinski definition) is 2. The molecule has 0 saturated carbocycles. The summed E-state index contributed by atoms with van der Waals surface area (Å²) >= 11 is 0. The van der Waals surface area contributed by atoms with Crippen LogP contribution in [0.2, 0.25) is 0 Å². The van der Waals surface area contributed by atoms with Gasteiger partial charge in [-0.25, -0.2) is 4.79 Å². The molecule has 122 valence electrons. The van der Waals surface area contributed by atoms with Gasteiger partial charge in [0.25, 0.3) is 0 Å². The Morgan fingerprint density at radius 1 is 0.958 bits per heavy atom. The Morgan fingerprint density at radius 3 is 2.42 bits per heavy atom. The smallest absolute Gasteiger partial charge is 0.319 e. The first-order valence-electron chi connectivity index (χ1n) is 7.86. The summed E-state index contributed by atoms with van der Waals surface area (Å²) in [7, 11) is 1.63. The highest BCUT2D eigenvalue weighted by Gasteiger charge is 2.11. The molecule has 4 heteroatoms. The molecule has 2 N–H and O–H groups in total. The van der Waals surface area contributed by atoms with E-state index in [1.807, 2.05) is 73.7 Å². The van der Waals surface area contributed by atoms with Gasteiger partial charge in [0.05, 0.1) is 18.8 Å². The summed E-state index contributed by atoms with van der Waals surface area (Å²) in [5.74, 6) is 0.797. The van der Waals surface area contributed by atoms with Crippen molar-refractivity contribution in [2.24, 2.45) is 0 Å². The maximum atomic E-state index is 12.3. The molecule has 2 amide bonds. The standard InChI is InChI=1S/C20H20N2O2/c1-14(15-10-12-17(24-2)13-11-15)21-20(23)22-19-9-5-7-16-6-3-4-8-18(16)19/h3-14H,1-2H3,(H2,21,22,23). The summed E-state index contributed by atoms with van der Waals surface area (Å²) in [6, 6.07) is 21.2. The minimum atomic E-state index is -0.227. The van der Waals surface area contributed by atoms with Crippen molar-refractivity contribution in [2.75, 3.05) is 12.4 Å². The van der Waals surface area contributed by atoms with Crippen molar-refractivity contribution < 1.29 is 9.53 Å². The monoisotopic (exact) mass is 320 g/mol. The van der Waals surface area contributed by atoms with E-state index < -0.39 is 0 Å². The fourth-order valence-electron chi connectivity index (χ4n) is 2.67. The largest absolute Gasteiger partial charge is 0.497 e. The third-order valence-corrected chi connectivity index (χ3v) is 4.00. The van der Waals surface area contributed by atoms with Gasteiger partial charge >= 0.3 is 6.03 Å². The summed E-state index contributed by atoms with van der Waals surface area (Å²) in [6.45, 7) is 1.95. The number of benzene rings is 3. The first-order chi connectivity index (χ1) is 11.7. The van der Waals surface area contributed by atoms with E-state index in [0.29, 0.717) is 0 Å². The summed E-state index contributed by atoms with van der Waals surface area (Å²) in [6.07, 6.45) is 0. The second-order valence-electron chi connectivity index (χ2n) is 5.62. The molecular weight excluding hydrogens is 300 g/mol. The van der Waals surface area contributed by atoms with E-state index in [1.54, 1.807) is 7.11 Å². The van der Waals surface area contributed by atoms with Crippen LogP contribution < -0.4 is 15.4 Å². The molecule has 0 spiro atoms. The van der Waals surface area contributed by atoms with E-state index in [1.165, 1.54) is 0 Å². The summed E-state index contributed by atoms with van der Waals surface area (Å²) in [5.41, 5.74) is 1.82. The van der Waals surface area contributed by atoms with E-state index in [9.17, 15) is 4.79 Å². The number of urea groups is 1. The quantitative estimate of drug-likeness (QED) is 0.730. The summed E-state index contributed by atoms with van der Waals surface area (Å²) < 4.78 is 5.15. The Morgan fingerprint density at radius 2 is 1.67 bits per heavy atom. The number of nitrogens with one attached hydrogen (secondary N) is 2. The number of carbonyl (C=O) groups excluding carboxylic acids is 1. The molecule has 1 atom stereocenters. The van der Waals surface area contributed by atoms with Gasteiger partial charge in [-0.15, -0.1) is 0 Å². The van der Waals surface area contributed by atoms with Crippen LogP contribution in [0.25, 0.3) is 10.8 Å². The number of fused-ring (bicyclic) bond motifs is 1. The lowest BCUT2D eigenvalue weighted by atomic mass is 10.1. The highest BCUT2D eigenvalue weighted by Crippen LogP contribution is 2.23. The van der Waals surface area contributed by atoms with Gasteiger partial charge in [-0.05, 0) is 36.1 Å². The topological polar surface area (TPSA) is 50.4 Å². The number of methoxy groups -OCH3 is 1. The molecule has 0 aromatic heterocycles. The van der Waals surface area contributed by atoms with Crippen LogP contribution in [-0.4, -0.2) is 13.1 Å². The molecule has 4 nitrogen and oxygen atoms in total. The van der Waals surface area contributed by atoms with Crippen molar-refractivity contribution in [2.45, 2.75) is 13.0 Å². The Bertz CT molecular complexity index is 838. The molecule has 3 aromatic rings. The van der Waals surface area contributed by atoms with Crippen LogP contribution in [0.1, 0.15) is 18.5 Å². The van der Waals surface area contributed by atoms with Crippen molar-refractivity contribution in [1.82, 2.24) is 5.32 Å². The van der Waals surface area contributed by atoms with E-state index >= 15 is 0 Å². The first-order valence-corrected chi connectivity index (χ1v) is 7.86. The lowest BCUT2D eigenvalue weighted by Gasteiger charge is -2.16. The van der Waals surface area contributed by atoms with Crippen molar-refractivity contribution in [3.63, 3.8) is 0 Å². The fraction of sp³-hybridized carbons (Fsp3) is 0.150. The molecule has 0 aliphatic carbocycles. The van der Waals surface area contributed by atoms with Crippen LogP contribution in [0, 0.1) is 0 Å². The third-order valence-electron chi connectivity index (χ3n) is 4.00. The fourth-order valence-corrected chi connectivity index (χ4v) is 2.67. The lowest BCUT2D eigenvalue weighted by molar-refractivity contribution is 0.249. The molecule has 0 saturated heterocycles. The van der Waals surface area contributed by atoms with Gasteiger partial charge in [0.1, 0.15) is 5.75 Å². The van der Waals surface area contributed by atoms with Crippen LogP contribution in [0.3, 0.4) is 0 Å². The highest BCUT2D eigenvalue weighted by atomic mass is 16.5. The van der Waals surface area contributed by atoms with Gasteiger partial charge in [-0.3, -0.25) is 0 Å². The number of amides is 2. The van der Waals surface area contributed by atoms with E-state index in [4.69, 9.17) is 4.74 Å². The number of ether oxygens (including phenoxy) is 1. The molecule has 0 aliphatic heterocycles. The van der Waals surface area contributed by atoms with Crippen molar-refractivity contribution in [3.05, 3.63) is 72.3 Å². The molecule has 3 aromatic carbocycles. The summed E-state index contributed by atoms with van der Waals surface area (Å²) in [4.78, 5) is 12.3. The average molecular weight is 320 g/mol. The van der Waals surface area contributed by atoms with Gasteiger partial charge in [0.15, 0.2) is 0 Å². The van der Waals surface area contributed by atoms with Crippen molar-refractivity contribution in [1.29, 1.82) is 0 Å². The molecule has 1 unspecified atom stereocenters. The Hall–Kier alpha value is -3.01. The maximum absolute atomic E-state index is 12.3. The molecule has 0 aliphatic rings. The molecule has 0 fully saturated rings. The highest BCUT2D eigenvalue weighted by molar-refractivity contribution is 6.01. The van der Waals surface area contributed by atoms with Gasteiger partial charge in [-0.1, -0.05) is 48.5 Å². The van der Waals surface area contributed by atoms with Gasteiger partial charge in [0.2, 0.25) is 0 Å². The molecule has 24 heavy (non-hydrogen) atoms. The number of rotatable bonds is 4. The lowest BCUT2D eigenvalue weighted by Crippen LogP contribution is -2.31. The third kappa shape index (κ3) is 3.49. The zero-order valence-electron chi connectivity index (χ0n) is 13.7. The predicted octanol–water partition coefficient (Wildman–Crippen LogP) is 4.73. The minimum absolute atomic E-state index is 0.106. The molecule has 0 heterocycles. The number of anilines is 1. The minimum Gasteiger partial charge on any atom is -0.497 e. The predicted molar refractivity (Wildman–Crippen MR) is 97.5 cm³/mol. The van der Waals surface area contributed by atoms with Crippen LogP contribution in [0.5, 0.6) is 5.75 Å². The first kappa shape index (κ1) is 15.9. The molecule has 0 radical (unpaired) electrons. The second-order valence-corrected chi connectivity index (χ2v) is 5.62. The Balaban J connectivity index is 1.70.